The zero-order chi connectivity index (χ0) is 17.5. The second-order valence-electron chi connectivity index (χ2n) is 6.72. The molecule has 0 aromatic heterocycles. The first-order valence-electron chi connectivity index (χ1n) is 9.07. The molecule has 0 aliphatic carbocycles. The van der Waals surface area contributed by atoms with Crippen LogP contribution in [0.1, 0.15) is 84.5 Å². The lowest BCUT2D eigenvalue weighted by Crippen LogP contribution is -2.33. The Kier molecular flexibility index (Phi) is 13.8. The van der Waals surface area contributed by atoms with Crippen molar-refractivity contribution < 1.29 is 19.4 Å². The smallest absolute Gasteiger partial charge is 0.322 e. The minimum absolute atomic E-state index is 0.104. The van der Waals surface area contributed by atoms with E-state index in [9.17, 15) is 9.59 Å². The van der Waals surface area contributed by atoms with Crippen molar-refractivity contribution in [3.8, 4) is 0 Å². The normalized spacial score (nSPS) is 12.3. The predicted molar refractivity (Wildman–Crippen MR) is 92.2 cm³/mol. The first-order chi connectivity index (χ1) is 10.9. The van der Waals surface area contributed by atoms with E-state index in [1.165, 1.54) is 44.9 Å². The first-order valence-corrected chi connectivity index (χ1v) is 9.07. The van der Waals surface area contributed by atoms with Gasteiger partial charge in [0.05, 0.1) is 6.61 Å². The van der Waals surface area contributed by atoms with Gasteiger partial charge in [-0.1, -0.05) is 65.2 Å². The van der Waals surface area contributed by atoms with Gasteiger partial charge in [-0.05, 0) is 18.8 Å². The SMILES string of the molecule is CC(C)CCCCCCCCCCOC(=O)[C@@H](N)CCC(=O)O. The van der Waals surface area contributed by atoms with Gasteiger partial charge in [0.2, 0.25) is 0 Å². The van der Waals surface area contributed by atoms with Gasteiger partial charge >= 0.3 is 11.9 Å². The lowest BCUT2D eigenvalue weighted by Gasteiger charge is -2.10. The van der Waals surface area contributed by atoms with Gasteiger partial charge in [0.15, 0.2) is 0 Å². The first kappa shape index (κ1) is 21.9. The van der Waals surface area contributed by atoms with E-state index in [0.717, 1.165) is 18.8 Å². The van der Waals surface area contributed by atoms with Crippen molar-refractivity contribution in [1.82, 2.24) is 0 Å². The summed E-state index contributed by atoms with van der Waals surface area (Å²) in [7, 11) is 0. The standard InChI is InChI=1S/C18H35NO4/c1-15(2)11-9-7-5-3-4-6-8-10-14-23-18(22)16(19)12-13-17(20)21/h15-16H,3-14,19H2,1-2H3,(H,20,21)/t16-/m0/s1. The summed E-state index contributed by atoms with van der Waals surface area (Å²) >= 11 is 0. The molecule has 0 bridgehead atoms. The highest BCUT2D eigenvalue weighted by Crippen LogP contribution is 2.12. The molecule has 0 radical (unpaired) electrons. The van der Waals surface area contributed by atoms with Gasteiger partial charge in [-0.2, -0.15) is 0 Å². The fourth-order valence-corrected chi connectivity index (χ4v) is 2.39. The van der Waals surface area contributed by atoms with E-state index in [1.807, 2.05) is 0 Å². The minimum atomic E-state index is -0.947. The summed E-state index contributed by atoms with van der Waals surface area (Å²) in [5.41, 5.74) is 5.57. The molecule has 5 nitrogen and oxygen atoms in total. The Morgan fingerprint density at radius 2 is 1.43 bits per heavy atom. The summed E-state index contributed by atoms with van der Waals surface area (Å²) in [6.07, 6.45) is 11.0. The van der Waals surface area contributed by atoms with Crippen molar-refractivity contribution in [2.24, 2.45) is 11.7 Å². The maximum absolute atomic E-state index is 11.5. The summed E-state index contributed by atoms with van der Waals surface area (Å²) in [6.45, 7) is 4.92. The Hall–Kier alpha value is -1.10. The molecule has 0 aromatic rings. The van der Waals surface area contributed by atoms with Gasteiger partial charge in [0, 0.05) is 6.42 Å². The third-order valence-electron chi connectivity index (χ3n) is 3.89. The van der Waals surface area contributed by atoms with Gasteiger partial charge in [-0.15, -0.1) is 0 Å². The molecular formula is C18H35NO4. The number of carbonyl (C=O) groups is 2. The monoisotopic (exact) mass is 329 g/mol. The zero-order valence-electron chi connectivity index (χ0n) is 14.9. The van der Waals surface area contributed by atoms with Crippen LogP contribution in [0.3, 0.4) is 0 Å². The van der Waals surface area contributed by atoms with Crippen LogP contribution in [0.2, 0.25) is 0 Å². The lowest BCUT2D eigenvalue weighted by atomic mass is 10.0. The largest absolute Gasteiger partial charge is 0.481 e. The Morgan fingerprint density at radius 1 is 0.913 bits per heavy atom. The number of hydrogen-bond acceptors (Lipinski definition) is 4. The molecule has 0 aliphatic rings. The maximum atomic E-state index is 11.5. The number of carboxylic acids is 1. The predicted octanol–water partition coefficient (Wildman–Crippen LogP) is 3.89. The number of aliphatic carboxylic acids is 1. The van der Waals surface area contributed by atoms with Crippen LogP contribution in [0.25, 0.3) is 0 Å². The minimum Gasteiger partial charge on any atom is -0.481 e. The molecule has 0 heterocycles. The number of carbonyl (C=O) groups excluding carboxylic acids is 1. The fraction of sp³-hybridized carbons (Fsp3) is 0.889. The quantitative estimate of drug-likeness (QED) is 0.351. The zero-order valence-corrected chi connectivity index (χ0v) is 14.9. The number of carboxylic acid groups (broad SMARTS) is 1. The van der Waals surface area contributed by atoms with Gasteiger partial charge in [-0.3, -0.25) is 9.59 Å². The summed E-state index contributed by atoms with van der Waals surface area (Å²) in [5.74, 6) is -0.621. The second kappa shape index (κ2) is 14.5. The molecular weight excluding hydrogens is 294 g/mol. The molecule has 0 fully saturated rings. The third-order valence-corrected chi connectivity index (χ3v) is 3.89. The molecule has 3 N–H and O–H groups in total. The highest BCUT2D eigenvalue weighted by atomic mass is 16.5. The van der Waals surface area contributed by atoms with Crippen LogP contribution in [0.5, 0.6) is 0 Å². The third kappa shape index (κ3) is 15.6. The van der Waals surface area contributed by atoms with E-state index in [1.54, 1.807) is 0 Å². The molecule has 0 spiro atoms. The van der Waals surface area contributed by atoms with E-state index >= 15 is 0 Å². The molecule has 0 rings (SSSR count). The Labute approximate surface area is 141 Å². The van der Waals surface area contributed by atoms with Crippen molar-refractivity contribution in [1.29, 1.82) is 0 Å². The number of unbranched alkanes of at least 4 members (excludes halogenated alkanes) is 7. The van der Waals surface area contributed by atoms with Gasteiger partial charge < -0.3 is 15.6 Å². The number of nitrogens with two attached hydrogens (primary N) is 1. The van der Waals surface area contributed by atoms with Crippen molar-refractivity contribution in [3.05, 3.63) is 0 Å². The summed E-state index contributed by atoms with van der Waals surface area (Å²) in [6, 6.07) is -0.822. The molecule has 0 saturated heterocycles. The van der Waals surface area contributed by atoms with Crippen molar-refractivity contribution in [2.75, 3.05) is 6.61 Å². The van der Waals surface area contributed by atoms with E-state index < -0.39 is 18.0 Å². The molecule has 0 aliphatic heterocycles. The second-order valence-corrected chi connectivity index (χ2v) is 6.72. The van der Waals surface area contributed by atoms with Crippen molar-refractivity contribution in [3.63, 3.8) is 0 Å². The molecule has 0 amide bonds. The van der Waals surface area contributed by atoms with Crippen LogP contribution < -0.4 is 5.73 Å². The van der Waals surface area contributed by atoms with Gasteiger partial charge in [-0.25, -0.2) is 0 Å². The number of esters is 1. The maximum Gasteiger partial charge on any atom is 0.322 e. The summed E-state index contributed by atoms with van der Waals surface area (Å²) in [4.78, 5) is 21.9. The topological polar surface area (TPSA) is 89.6 Å². The van der Waals surface area contributed by atoms with Crippen LogP contribution >= 0.6 is 0 Å². The Balaban J connectivity index is 3.32. The molecule has 0 aromatic carbocycles. The van der Waals surface area contributed by atoms with Crippen LogP contribution in [-0.2, 0) is 14.3 Å². The number of ether oxygens (including phenoxy) is 1. The highest BCUT2D eigenvalue weighted by Gasteiger charge is 2.15. The molecule has 0 saturated carbocycles. The molecule has 136 valence electrons. The van der Waals surface area contributed by atoms with Gasteiger partial charge in [0.25, 0.3) is 0 Å². The van der Waals surface area contributed by atoms with Crippen molar-refractivity contribution in [2.45, 2.75) is 90.5 Å². The molecule has 0 unspecified atom stereocenters. The summed E-state index contributed by atoms with van der Waals surface area (Å²) < 4.78 is 5.06. The van der Waals surface area contributed by atoms with E-state index in [0.29, 0.717) is 6.61 Å². The molecule has 23 heavy (non-hydrogen) atoms. The van der Waals surface area contributed by atoms with E-state index in [-0.39, 0.29) is 12.8 Å². The van der Waals surface area contributed by atoms with Crippen LogP contribution in [0.4, 0.5) is 0 Å². The van der Waals surface area contributed by atoms with Gasteiger partial charge in [0.1, 0.15) is 6.04 Å². The van der Waals surface area contributed by atoms with E-state index in [2.05, 4.69) is 13.8 Å². The molecule has 5 heteroatoms. The fourth-order valence-electron chi connectivity index (χ4n) is 2.39. The molecule has 1 atom stereocenters. The number of hydrogen-bond donors (Lipinski definition) is 2. The average molecular weight is 329 g/mol. The summed E-state index contributed by atoms with van der Waals surface area (Å²) in [5, 5.41) is 8.53. The average Bonchev–Trinajstić information content (AvgIpc) is 2.49. The van der Waals surface area contributed by atoms with Crippen molar-refractivity contribution >= 4 is 11.9 Å². The van der Waals surface area contributed by atoms with Crippen LogP contribution in [-0.4, -0.2) is 29.7 Å². The Bertz CT molecular complexity index is 318. The number of rotatable bonds is 15. The highest BCUT2D eigenvalue weighted by molar-refractivity contribution is 5.76. The van der Waals surface area contributed by atoms with Crippen LogP contribution in [0.15, 0.2) is 0 Å². The Morgan fingerprint density at radius 3 is 1.96 bits per heavy atom. The van der Waals surface area contributed by atoms with Crippen LogP contribution in [0, 0.1) is 5.92 Å². The van der Waals surface area contributed by atoms with E-state index in [4.69, 9.17) is 15.6 Å². The lowest BCUT2D eigenvalue weighted by molar-refractivity contribution is -0.145.